The van der Waals surface area contributed by atoms with E-state index in [-0.39, 0.29) is 11.9 Å². The van der Waals surface area contributed by atoms with Gasteiger partial charge in [-0.05, 0) is 38.1 Å². The van der Waals surface area contributed by atoms with Crippen LogP contribution in [0.4, 0.5) is 5.69 Å². The summed E-state index contributed by atoms with van der Waals surface area (Å²) in [5, 5.41) is 3.17. The topological polar surface area (TPSA) is 35.6 Å². The number of rotatable bonds is 3. The molecule has 0 aliphatic carbocycles. The minimum Gasteiger partial charge on any atom is -0.360 e. The van der Waals surface area contributed by atoms with E-state index in [9.17, 15) is 4.79 Å². The molecule has 1 aromatic carbocycles. The molecule has 1 aliphatic rings. The van der Waals surface area contributed by atoms with Crippen molar-refractivity contribution >= 4 is 11.6 Å². The summed E-state index contributed by atoms with van der Waals surface area (Å²) in [6.07, 6.45) is 0. The quantitative estimate of drug-likeness (QED) is 0.887. The summed E-state index contributed by atoms with van der Waals surface area (Å²) in [7, 11) is 3.82. The first-order valence-corrected chi connectivity index (χ1v) is 6.76. The lowest BCUT2D eigenvalue weighted by Crippen LogP contribution is -2.57. The molecule has 19 heavy (non-hydrogen) atoms. The van der Waals surface area contributed by atoms with Gasteiger partial charge in [-0.15, -0.1) is 0 Å². The largest absolute Gasteiger partial charge is 0.360 e. The van der Waals surface area contributed by atoms with Gasteiger partial charge in [0.2, 0.25) is 5.91 Å². The molecule has 1 unspecified atom stereocenters. The van der Waals surface area contributed by atoms with Gasteiger partial charge in [0.05, 0.1) is 12.6 Å². The lowest BCUT2D eigenvalue weighted by molar-refractivity contribution is -0.131. The number of piperazine rings is 1. The van der Waals surface area contributed by atoms with Crippen molar-refractivity contribution < 1.29 is 4.79 Å². The zero-order chi connectivity index (χ0) is 14.0. The Hall–Kier alpha value is -1.55. The van der Waals surface area contributed by atoms with Crippen molar-refractivity contribution in [3.8, 4) is 0 Å². The van der Waals surface area contributed by atoms with Crippen LogP contribution in [0.15, 0.2) is 18.2 Å². The predicted octanol–water partition coefficient (Wildman–Crippen LogP) is 1.17. The summed E-state index contributed by atoms with van der Waals surface area (Å²) in [4.78, 5) is 16.2. The van der Waals surface area contributed by atoms with E-state index in [2.05, 4.69) is 42.3 Å². The number of nitrogens with one attached hydrogen (secondary N) is 1. The number of aryl methyl sites for hydroxylation is 1. The van der Waals surface area contributed by atoms with Gasteiger partial charge < -0.3 is 15.1 Å². The van der Waals surface area contributed by atoms with Crippen LogP contribution in [0.1, 0.15) is 11.1 Å². The van der Waals surface area contributed by atoms with Crippen molar-refractivity contribution in [1.82, 2.24) is 10.2 Å². The minimum absolute atomic E-state index is 0.187. The van der Waals surface area contributed by atoms with Gasteiger partial charge in [-0.1, -0.05) is 12.1 Å². The van der Waals surface area contributed by atoms with E-state index in [4.69, 9.17) is 0 Å². The van der Waals surface area contributed by atoms with Gasteiger partial charge in [-0.2, -0.15) is 0 Å². The average molecular weight is 261 g/mol. The van der Waals surface area contributed by atoms with E-state index in [1.807, 2.05) is 19.0 Å². The number of amides is 1. The fraction of sp³-hybridized carbons (Fsp3) is 0.533. The Bertz CT molecular complexity index is 472. The fourth-order valence-corrected chi connectivity index (χ4v) is 2.62. The molecule has 0 radical (unpaired) electrons. The van der Waals surface area contributed by atoms with Crippen LogP contribution >= 0.6 is 0 Å². The second-order valence-corrected chi connectivity index (χ2v) is 5.32. The molecule has 1 aromatic rings. The molecule has 1 atom stereocenters. The highest BCUT2D eigenvalue weighted by Gasteiger charge is 2.30. The summed E-state index contributed by atoms with van der Waals surface area (Å²) < 4.78 is 0. The smallest absolute Gasteiger partial charge is 0.242 e. The maximum Gasteiger partial charge on any atom is 0.242 e. The number of hydrogen-bond acceptors (Lipinski definition) is 3. The zero-order valence-corrected chi connectivity index (χ0v) is 12.2. The Labute approximate surface area is 115 Å². The second-order valence-electron chi connectivity index (χ2n) is 5.32. The summed E-state index contributed by atoms with van der Waals surface area (Å²) in [5.74, 6) is 0.187. The van der Waals surface area contributed by atoms with E-state index in [1.165, 1.54) is 16.8 Å². The van der Waals surface area contributed by atoms with Gasteiger partial charge in [0.25, 0.3) is 0 Å². The van der Waals surface area contributed by atoms with Crippen LogP contribution in [0.5, 0.6) is 0 Å². The third-order valence-electron chi connectivity index (χ3n) is 4.05. The molecule has 1 aliphatic heterocycles. The average Bonchev–Trinajstić information content (AvgIpc) is 2.38. The van der Waals surface area contributed by atoms with Crippen molar-refractivity contribution in [2.24, 2.45) is 0 Å². The van der Waals surface area contributed by atoms with Crippen LogP contribution in [-0.2, 0) is 4.79 Å². The van der Waals surface area contributed by atoms with Crippen molar-refractivity contribution in [1.29, 1.82) is 0 Å². The van der Waals surface area contributed by atoms with Gasteiger partial charge in [0, 0.05) is 25.8 Å². The van der Waals surface area contributed by atoms with Gasteiger partial charge in [0.1, 0.15) is 0 Å². The van der Waals surface area contributed by atoms with E-state index in [0.717, 1.165) is 13.1 Å². The maximum atomic E-state index is 12.1. The maximum absolute atomic E-state index is 12.1. The number of anilines is 1. The molecule has 0 spiro atoms. The van der Waals surface area contributed by atoms with Crippen LogP contribution in [0, 0.1) is 13.8 Å². The molecule has 1 amide bonds. The second kappa shape index (κ2) is 5.61. The fourth-order valence-electron chi connectivity index (χ4n) is 2.62. The van der Waals surface area contributed by atoms with E-state index in [1.54, 1.807) is 0 Å². The van der Waals surface area contributed by atoms with E-state index in [0.29, 0.717) is 6.54 Å². The standard InChI is InChI=1S/C15H23N3O/c1-11-6-5-7-14(12(11)2)18-9-13(8-16-3)17(4)15(19)10-18/h5-7,13,16H,8-10H2,1-4H3. The summed E-state index contributed by atoms with van der Waals surface area (Å²) in [6, 6.07) is 6.51. The Morgan fingerprint density at radius 1 is 1.37 bits per heavy atom. The molecule has 1 saturated heterocycles. The number of likely N-dealkylation sites (N-methyl/N-ethyl adjacent to an activating group) is 2. The first kappa shape index (κ1) is 13.9. The minimum atomic E-state index is 0.187. The van der Waals surface area contributed by atoms with Crippen LogP contribution in [0.3, 0.4) is 0 Å². The predicted molar refractivity (Wildman–Crippen MR) is 78.6 cm³/mol. The van der Waals surface area contributed by atoms with E-state index >= 15 is 0 Å². The first-order valence-electron chi connectivity index (χ1n) is 6.76. The Morgan fingerprint density at radius 2 is 2.11 bits per heavy atom. The van der Waals surface area contributed by atoms with Gasteiger partial charge in [-0.3, -0.25) is 4.79 Å². The van der Waals surface area contributed by atoms with Crippen molar-refractivity contribution in [2.45, 2.75) is 19.9 Å². The third-order valence-corrected chi connectivity index (χ3v) is 4.05. The number of benzene rings is 1. The normalized spacial score (nSPS) is 20.0. The Morgan fingerprint density at radius 3 is 2.79 bits per heavy atom. The zero-order valence-electron chi connectivity index (χ0n) is 12.2. The SMILES string of the molecule is CNCC1CN(c2cccc(C)c2C)CC(=O)N1C. The number of nitrogens with zero attached hydrogens (tertiary/aromatic N) is 2. The highest BCUT2D eigenvalue weighted by molar-refractivity contribution is 5.83. The summed E-state index contributed by atoms with van der Waals surface area (Å²) in [5.41, 5.74) is 3.72. The summed E-state index contributed by atoms with van der Waals surface area (Å²) in [6.45, 7) is 6.42. The monoisotopic (exact) mass is 261 g/mol. The molecule has 4 heteroatoms. The molecular formula is C15H23N3O. The first-order chi connectivity index (χ1) is 9.04. The van der Waals surface area contributed by atoms with Crippen LogP contribution in [0.2, 0.25) is 0 Å². The number of carbonyl (C=O) groups is 1. The summed E-state index contributed by atoms with van der Waals surface area (Å²) >= 11 is 0. The van der Waals surface area contributed by atoms with Crippen LogP contribution in [0.25, 0.3) is 0 Å². The lowest BCUT2D eigenvalue weighted by Gasteiger charge is -2.40. The molecule has 0 saturated carbocycles. The third kappa shape index (κ3) is 2.73. The van der Waals surface area contributed by atoms with Gasteiger partial charge in [0.15, 0.2) is 0 Å². The molecular weight excluding hydrogens is 238 g/mol. The number of hydrogen-bond donors (Lipinski definition) is 1. The highest BCUT2D eigenvalue weighted by atomic mass is 16.2. The number of carbonyl (C=O) groups excluding carboxylic acids is 1. The van der Waals surface area contributed by atoms with Crippen LogP contribution in [-0.4, -0.2) is 50.6 Å². The van der Waals surface area contributed by atoms with Crippen molar-refractivity contribution in [3.63, 3.8) is 0 Å². The molecule has 1 fully saturated rings. The van der Waals surface area contributed by atoms with Gasteiger partial charge in [-0.25, -0.2) is 0 Å². The molecule has 0 aromatic heterocycles. The Balaban J connectivity index is 2.25. The molecule has 104 valence electrons. The lowest BCUT2D eigenvalue weighted by atomic mass is 10.0. The molecule has 4 nitrogen and oxygen atoms in total. The van der Waals surface area contributed by atoms with Crippen LogP contribution < -0.4 is 10.2 Å². The molecule has 1 N–H and O–H groups in total. The highest BCUT2D eigenvalue weighted by Crippen LogP contribution is 2.25. The van der Waals surface area contributed by atoms with Gasteiger partial charge >= 0.3 is 0 Å². The van der Waals surface area contributed by atoms with E-state index < -0.39 is 0 Å². The van der Waals surface area contributed by atoms with Crippen molar-refractivity contribution in [2.75, 3.05) is 38.6 Å². The Kier molecular flexibility index (Phi) is 4.10. The molecule has 0 bridgehead atoms. The molecule has 2 rings (SSSR count). The molecule has 1 heterocycles. The van der Waals surface area contributed by atoms with Crippen molar-refractivity contribution in [3.05, 3.63) is 29.3 Å².